The molecule has 0 atom stereocenters. The molecule has 134 valence electrons. The number of ether oxygens (including phenoxy) is 1. The van der Waals surface area contributed by atoms with Crippen LogP contribution in [0, 0.1) is 0 Å². The van der Waals surface area contributed by atoms with Crippen molar-refractivity contribution >= 4 is 5.91 Å². The molecule has 0 radical (unpaired) electrons. The highest BCUT2D eigenvalue weighted by molar-refractivity contribution is 5.75. The highest BCUT2D eigenvalue weighted by atomic mass is 16.5. The van der Waals surface area contributed by atoms with E-state index in [0.29, 0.717) is 37.8 Å². The lowest BCUT2D eigenvalue weighted by atomic mass is 9.75. The molecule has 0 unspecified atom stereocenters. The highest BCUT2D eigenvalue weighted by Gasteiger charge is 2.40. The van der Waals surface area contributed by atoms with Gasteiger partial charge in [-0.25, -0.2) is 0 Å². The number of amides is 1. The van der Waals surface area contributed by atoms with Crippen LogP contribution in [0.25, 0.3) is 11.5 Å². The Hall–Kier alpha value is -2.28. The molecule has 7 heteroatoms. The van der Waals surface area contributed by atoms with E-state index in [-0.39, 0.29) is 11.3 Å². The average molecular weight is 344 g/mol. The topological polar surface area (TPSA) is 81.4 Å². The van der Waals surface area contributed by atoms with E-state index >= 15 is 0 Å². The zero-order valence-corrected chi connectivity index (χ0v) is 14.8. The number of piperidine rings is 1. The minimum Gasteiger partial charge on any atom is -0.385 e. The van der Waals surface area contributed by atoms with Gasteiger partial charge in [-0.05, 0) is 31.4 Å². The van der Waals surface area contributed by atoms with E-state index in [2.05, 4.69) is 15.1 Å². The molecular formula is C18H24N4O3. The molecule has 2 aromatic rings. The smallest absolute Gasteiger partial charge is 0.259 e. The van der Waals surface area contributed by atoms with Crippen LogP contribution in [0.5, 0.6) is 0 Å². The Balaban J connectivity index is 1.82. The van der Waals surface area contributed by atoms with E-state index in [1.54, 1.807) is 19.5 Å². The molecule has 1 fully saturated rings. The van der Waals surface area contributed by atoms with Gasteiger partial charge in [-0.3, -0.25) is 9.78 Å². The van der Waals surface area contributed by atoms with E-state index in [1.807, 2.05) is 24.0 Å². The zero-order chi connectivity index (χ0) is 17.7. The lowest BCUT2D eigenvalue weighted by Crippen LogP contribution is -2.46. The third-order valence-corrected chi connectivity index (χ3v) is 4.97. The first kappa shape index (κ1) is 17.5. The number of aromatic nitrogens is 3. The fraction of sp³-hybridized carbons (Fsp3) is 0.556. The van der Waals surface area contributed by atoms with Gasteiger partial charge in [0.1, 0.15) is 0 Å². The predicted molar refractivity (Wildman–Crippen MR) is 91.8 cm³/mol. The van der Waals surface area contributed by atoms with Crippen molar-refractivity contribution in [1.82, 2.24) is 20.0 Å². The summed E-state index contributed by atoms with van der Waals surface area (Å²) in [6, 6.07) is 3.74. The summed E-state index contributed by atoms with van der Waals surface area (Å²) in [5.41, 5.74) is 0.589. The third kappa shape index (κ3) is 3.71. The first-order valence-electron chi connectivity index (χ1n) is 8.70. The van der Waals surface area contributed by atoms with E-state index in [4.69, 9.17) is 9.26 Å². The van der Waals surface area contributed by atoms with Gasteiger partial charge in [-0.1, -0.05) is 12.1 Å². The van der Waals surface area contributed by atoms with Crippen molar-refractivity contribution in [2.24, 2.45) is 0 Å². The maximum Gasteiger partial charge on any atom is 0.259 e. The minimum absolute atomic E-state index is 0.199. The molecule has 0 bridgehead atoms. The van der Waals surface area contributed by atoms with Crippen LogP contribution in [0.1, 0.15) is 38.4 Å². The molecule has 3 heterocycles. The Kier molecular flexibility index (Phi) is 5.43. The number of carbonyl (C=O) groups is 1. The Bertz CT molecular complexity index is 693. The lowest BCUT2D eigenvalue weighted by Gasteiger charge is -2.39. The third-order valence-electron chi connectivity index (χ3n) is 4.97. The number of pyridine rings is 1. The van der Waals surface area contributed by atoms with Crippen LogP contribution in [0.4, 0.5) is 0 Å². The van der Waals surface area contributed by atoms with E-state index < -0.39 is 0 Å². The first-order valence-corrected chi connectivity index (χ1v) is 8.70. The summed E-state index contributed by atoms with van der Waals surface area (Å²) in [4.78, 5) is 22.6. The number of carbonyl (C=O) groups excluding carboxylic acids is 1. The number of rotatable bonds is 6. The standard InChI is InChI=1S/C18H24N4O3/c1-3-15(23)22-10-6-18(7-11-22,8-12-24-2)17-20-16(25-21-17)14-5-4-9-19-13-14/h4-5,9,13H,3,6-8,10-12H2,1-2H3. The van der Waals surface area contributed by atoms with Gasteiger partial charge in [0.15, 0.2) is 5.82 Å². The molecule has 1 aliphatic heterocycles. The first-order chi connectivity index (χ1) is 12.2. The summed E-state index contributed by atoms with van der Waals surface area (Å²) < 4.78 is 10.8. The molecule has 0 N–H and O–H groups in total. The van der Waals surface area contributed by atoms with E-state index in [0.717, 1.165) is 24.8 Å². The summed E-state index contributed by atoms with van der Waals surface area (Å²) in [5, 5.41) is 4.26. The van der Waals surface area contributed by atoms with Crippen molar-refractivity contribution < 1.29 is 14.1 Å². The Morgan fingerprint density at radius 2 is 2.20 bits per heavy atom. The van der Waals surface area contributed by atoms with Crippen molar-refractivity contribution in [3.8, 4) is 11.5 Å². The van der Waals surface area contributed by atoms with E-state index in [9.17, 15) is 4.79 Å². The van der Waals surface area contributed by atoms with Gasteiger partial charge in [0, 0.05) is 51.0 Å². The summed E-state index contributed by atoms with van der Waals surface area (Å²) in [7, 11) is 1.70. The van der Waals surface area contributed by atoms with Crippen molar-refractivity contribution in [1.29, 1.82) is 0 Å². The van der Waals surface area contributed by atoms with Crippen molar-refractivity contribution in [3.05, 3.63) is 30.4 Å². The Morgan fingerprint density at radius 3 is 2.84 bits per heavy atom. The van der Waals surface area contributed by atoms with Gasteiger partial charge in [0.25, 0.3) is 5.89 Å². The molecular weight excluding hydrogens is 320 g/mol. The van der Waals surface area contributed by atoms with Gasteiger partial charge in [-0.15, -0.1) is 0 Å². The van der Waals surface area contributed by atoms with E-state index in [1.165, 1.54) is 0 Å². The van der Waals surface area contributed by atoms with Crippen LogP contribution in [0.15, 0.2) is 29.0 Å². The van der Waals surface area contributed by atoms with Crippen LogP contribution in [0.3, 0.4) is 0 Å². The number of nitrogens with zero attached hydrogens (tertiary/aromatic N) is 4. The van der Waals surface area contributed by atoms with Crippen molar-refractivity contribution in [3.63, 3.8) is 0 Å². The largest absolute Gasteiger partial charge is 0.385 e. The molecule has 0 aliphatic carbocycles. The molecule has 1 saturated heterocycles. The molecule has 25 heavy (non-hydrogen) atoms. The van der Waals surface area contributed by atoms with Crippen LogP contribution in [-0.2, 0) is 14.9 Å². The van der Waals surface area contributed by atoms with Crippen LogP contribution in [-0.4, -0.2) is 52.7 Å². The second kappa shape index (κ2) is 7.74. The average Bonchev–Trinajstić information content (AvgIpc) is 3.18. The molecule has 0 saturated carbocycles. The predicted octanol–water partition coefficient (Wildman–Crippen LogP) is 2.44. The quantitative estimate of drug-likeness (QED) is 0.800. The molecule has 2 aromatic heterocycles. The Morgan fingerprint density at radius 1 is 1.40 bits per heavy atom. The summed E-state index contributed by atoms with van der Waals surface area (Å²) >= 11 is 0. The lowest BCUT2D eigenvalue weighted by molar-refractivity contribution is -0.132. The molecule has 3 rings (SSSR count). The van der Waals surface area contributed by atoms with Crippen molar-refractivity contribution in [2.45, 2.75) is 38.0 Å². The molecule has 1 amide bonds. The number of hydrogen-bond donors (Lipinski definition) is 0. The van der Waals surface area contributed by atoms with Gasteiger partial charge >= 0.3 is 0 Å². The second-order valence-corrected chi connectivity index (χ2v) is 6.42. The molecule has 7 nitrogen and oxygen atoms in total. The highest BCUT2D eigenvalue weighted by Crippen LogP contribution is 2.38. The van der Waals surface area contributed by atoms with Gasteiger partial charge in [0.2, 0.25) is 5.91 Å². The molecule has 1 aliphatic rings. The fourth-order valence-corrected chi connectivity index (χ4v) is 3.34. The maximum atomic E-state index is 12.0. The van der Waals surface area contributed by atoms with Crippen LogP contribution in [0.2, 0.25) is 0 Å². The van der Waals surface area contributed by atoms with Gasteiger partial charge in [0.05, 0.1) is 5.56 Å². The number of likely N-dealkylation sites (tertiary alicyclic amines) is 1. The summed E-state index contributed by atoms with van der Waals surface area (Å²) in [6.07, 6.45) is 6.40. The fourth-order valence-electron chi connectivity index (χ4n) is 3.34. The number of methoxy groups -OCH3 is 1. The SMILES string of the molecule is CCC(=O)N1CCC(CCOC)(c2noc(-c3cccnc3)n2)CC1. The van der Waals surface area contributed by atoms with Crippen LogP contribution >= 0.6 is 0 Å². The Labute approximate surface area is 147 Å². The second-order valence-electron chi connectivity index (χ2n) is 6.42. The maximum absolute atomic E-state index is 12.0. The zero-order valence-electron chi connectivity index (χ0n) is 14.8. The molecule has 0 aromatic carbocycles. The molecule has 0 spiro atoms. The van der Waals surface area contributed by atoms with Gasteiger partial charge in [-0.2, -0.15) is 4.98 Å². The monoisotopic (exact) mass is 344 g/mol. The van der Waals surface area contributed by atoms with Crippen LogP contribution < -0.4 is 0 Å². The summed E-state index contributed by atoms with van der Waals surface area (Å²) in [6.45, 7) is 3.95. The normalized spacial score (nSPS) is 16.8. The number of hydrogen-bond acceptors (Lipinski definition) is 6. The minimum atomic E-state index is -0.218. The summed E-state index contributed by atoms with van der Waals surface area (Å²) in [5.74, 6) is 1.38. The van der Waals surface area contributed by atoms with Gasteiger partial charge < -0.3 is 14.2 Å². The van der Waals surface area contributed by atoms with Crippen molar-refractivity contribution in [2.75, 3.05) is 26.8 Å².